The van der Waals surface area contributed by atoms with E-state index in [4.69, 9.17) is 9.47 Å². The van der Waals surface area contributed by atoms with Gasteiger partial charge in [0, 0.05) is 13.1 Å². The van der Waals surface area contributed by atoms with Crippen LogP contribution in [0.3, 0.4) is 0 Å². The summed E-state index contributed by atoms with van der Waals surface area (Å²) in [6.07, 6.45) is 0. The molecule has 0 aromatic heterocycles. The highest BCUT2D eigenvalue weighted by molar-refractivity contribution is 6.32. The first kappa shape index (κ1) is 15.5. The molecule has 4 heteroatoms. The largest absolute Gasteiger partial charge is 0.493 e. The van der Waals surface area contributed by atoms with E-state index in [1.807, 2.05) is 13.0 Å². The van der Waals surface area contributed by atoms with Crippen LogP contribution in [0.5, 0.6) is 11.5 Å². The van der Waals surface area contributed by atoms with Crippen LogP contribution in [0.1, 0.15) is 16.7 Å². The van der Waals surface area contributed by atoms with Crippen molar-refractivity contribution in [2.75, 3.05) is 14.2 Å². The average molecular weight is 283 g/mol. The fraction of sp³-hybridized carbons (Fsp3) is 0.294. The smallest absolute Gasteiger partial charge is 0.163 e. The molecule has 0 unspecified atom stereocenters. The highest BCUT2D eigenvalue weighted by Gasteiger charge is 2.08. The maximum absolute atomic E-state index is 5.38. The molecule has 21 heavy (non-hydrogen) atoms. The predicted octanol–water partition coefficient (Wildman–Crippen LogP) is 1.56. The van der Waals surface area contributed by atoms with E-state index in [1.165, 1.54) is 16.6 Å². The summed E-state index contributed by atoms with van der Waals surface area (Å²) in [5, 5.41) is 3.46. The van der Waals surface area contributed by atoms with Crippen molar-refractivity contribution in [1.82, 2.24) is 5.32 Å². The molecule has 0 amide bonds. The summed E-state index contributed by atoms with van der Waals surface area (Å²) in [6, 6.07) is 12.7. The van der Waals surface area contributed by atoms with Gasteiger partial charge in [-0.05, 0) is 29.7 Å². The Morgan fingerprint density at radius 2 is 1.62 bits per heavy atom. The van der Waals surface area contributed by atoms with E-state index >= 15 is 0 Å². The van der Waals surface area contributed by atoms with Gasteiger partial charge in [-0.1, -0.05) is 35.8 Å². The Kier molecular flexibility index (Phi) is 5.29. The molecule has 3 nitrogen and oxygen atoms in total. The number of methoxy groups -OCH3 is 2. The topological polar surface area (TPSA) is 30.5 Å². The highest BCUT2D eigenvalue weighted by atomic mass is 16.5. The zero-order valence-electron chi connectivity index (χ0n) is 13.2. The molecule has 0 bridgehead atoms. The second-order valence-electron chi connectivity index (χ2n) is 5.24. The molecule has 0 spiro atoms. The van der Waals surface area contributed by atoms with Gasteiger partial charge in [0.15, 0.2) is 11.5 Å². The second-order valence-corrected chi connectivity index (χ2v) is 5.24. The number of hydrogen-bond acceptors (Lipinski definition) is 3. The van der Waals surface area contributed by atoms with Gasteiger partial charge < -0.3 is 14.8 Å². The number of rotatable bonds is 6. The summed E-state index contributed by atoms with van der Waals surface area (Å²) in [5.41, 5.74) is 4.85. The van der Waals surface area contributed by atoms with Gasteiger partial charge in [-0.3, -0.25) is 0 Å². The van der Waals surface area contributed by atoms with Crippen LogP contribution in [-0.2, 0) is 13.1 Å². The molecule has 0 saturated carbocycles. The molecular weight excluding hydrogens is 261 g/mol. The van der Waals surface area contributed by atoms with E-state index in [-0.39, 0.29) is 0 Å². The normalized spacial score (nSPS) is 10.4. The summed E-state index contributed by atoms with van der Waals surface area (Å²) in [5.74, 6) is 1.59. The molecule has 2 rings (SSSR count). The third kappa shape index (κ3) is 4.02. The van der Waals surface area contributed by atoms with Crippen molar-refractivity contribution in [2.24, 2.45) is 0 Å². The van der Waals surface area contributed by atoms with Gasteiger partial charge in [-0.25, -0.2) is 0 Å². The average Bonchev–Trinajstić information content (AvgIpc) is 2.48. The van der Waals surface area contributed by atoms with Gasteiger partial charge in [-0.2, -0.15) is 0 Å². The third-order valence-electron chi connectivity index (χ3n) is 3.50. The summed E-state index contributed by atoms with van der Waals surface area (Å²) in [7, 11) is 5.44. The lowest BCUT2D eigenvalue weighted by molar-refractivity contribution is 0.352. The third-order valence-corrected chi connectivity index (χ3v) is 3.50. The molecule has 0 atom stereocenters. The summed E-state index contributed by atoms with van der Waals surface area (Å²) in [4.78, 5) is 0. The Bertz CT molecular complexity index is 596. The first-order valence-corrected chi connectivity index (χ1v) is 7.12. The summed E-state index contributed by atoms with van der Waals surface area (Å²) in [6.45, 7) is 3.69. The van der Waals surface area contributed by atoms with Gasteiger partial charge in [0.05, 0.1) is 14.2 Å². The maximum atomic E-state index is 5.38. The zero-order chi connectivity index (χ0) is 15.2. The van der Waals surface area contributed by atoms with Gasteiger partial charge in [-0.15, -0.1) is 0 Å². The van der Waals surface area contributed by atoms with Crippen LogP contribution in [0.2, 0.25) is 0 Å². The Balaban J connectivity index is 2.00. The predicted molar refractivity (Wildman–Crippen MR) is 89.4 cm³/mol. The molecule has 0 aliphatic carbocycles. The molecule has 2 aromatic rings. The van der Waals surface area contributed by atoms with E-state index in [9.17, 15) is 0 Å². The first-order valence-electron chi connectivity index (χ1n) is 7.12. The van der Waals surface area contributed by atoms with Crippen LogP contribution >= 0.6 is 0 Å². The summed E-state index contributed by atoms with van der Waals surface area (Å²) >= 11 is 0. The molecule has 0 aliphatic rings. The van der Waals surface area contributed by atoms with E-state index in [2.05, 4.69) is 43.5 Å². The minimum absolute atomic E-state index is 0.782. The number of benzene rings is 2. The molecule has 110 valence electrons. The fourth-order valence-corrected chi connectivity index (χ4v) is 2.39. The van der Waals surface area contributed by atoms with E-state index in [0.717, 1.165) is 30.2 Å². The van der Waals surface area contributed by atoms with Crippen LogP contribution in [0.25, 0.3) is 0 Å². The molecule has 2 aromatic carbocycles. The molecule has 0 heterocycles. The van der Waals surface area contributed by atoms with Crippen molar-refractivity contribution in [3.8, 4) is 11.5 Å². The number of aryl methyl sites for hydroxylation is 1. The van der Waals surface area contributed by atoms with Crippen LogP contribution in [0.4, 0.5) is 0 Å². The van der Waals surface area contributed by atoms with E-state index in [0.29, 0.717) is 0 Å². The molecule has 0 aliphatic heterocycles. The maximum Gasteiger partial charge on any atom is 0.163 e. The Labute approximate surface area is 127 Å². The monoisotopic (exact) mass is 283 g/mol. The van der Waals surface area contributed by atoms with Gasteiger partial charge >= 0.3 is 0 Å². The van der Waals surface area contributed by atoms with Crippen molar-refractivity contribution in [3.63, 3.8) is 0 Å². The lowest BCUT2D eigenvalue weighted by Gasteiger charge is -2.13. The minimum atomic E-state index is 0.782. The number of nitrogens with one attached hydrogen (secondary N) is 1. The van der Waals surface area contributed by atoms with Crippen molar-refractivity contribution >= 4 is 13.3 Å². The van der Waals surface area contributed by atoms with E-state index in [1.54, 1.807) is 14.2 Å². The lowest BCUT2D eigenvalue weighted by atomic mass is 9.95. The number of ether oxygens (including phenoxy) is 2. The standard InChI is InChI=1S/C17H22BNO2/c1-12-8-14(9-16(20-2)17(12)21-3)11-19-10-13-4-6-15(18)7-5-13/h4-9,19H,10-11,18H2,1-3H3. The minimum Gasteiger partial charge on any atom is -0.493 e. The molecule has 1 N–H and O–H groups in total. The van der Waals surface area contributed by atoms with Crippen molar-refractivity contribution in [2.45, 2.75) is 20.0 Å². The molecule has 0 radical (unpaired) electrons. The zero-order valence-corrected chi connectivity index (χ0v) is 13.2. The quantitative estimate of drug-likeness (QED) is 0.816. The van der Waals surface area contributed by atoms with Gasteiger partial charge in [0.25, 0.3) is 0 Å². The van der Waals surface area contributed by atoms with Crippen molar-refractivity contribution < 1.29 is 9.47 Å². The highest BCUT2D eigenvalue weighted by Crippen LogP contribution is 2.31. The SMILES string of the molecule is Bc1ccc(CNCc2cc(C)c(OC)c(OC)c2)cc1. The fourth-order valence-electron chi connectivity index (χ4n) is 2.39. The first-order chi connectivity index (χ1) is 10.1. The van der Waals surface area contributed by atoms with Gasteiger partial charge in [0.1, 0.15) is 7.85 Å². The van der Waals surface area contributed by atoms with Gasteiger partial charge in [0.2, 0.25) is 0 Å². The van der Waals surface area contributed by atoms with E-state index < -0.39 is 0 Å². The van der Waals surface area contributed by atoms with Crippen LogP contribution in [0, 0.1) is 6.92 Å². The number of hydrogen-bond donors (Lipinski definition) is 1. The Morgan fingerprint density at radius 1 is 0.952 bits per heavy atom. The van der Waals surface area contributed by atoms with Crippen molar-refractivity contribution in [1.29, 1.82) is 0 Å². The second kappa shape index (κ2) is 7.18. The van der Waals surface area contributed by atoms with Crippen LogP contribution in [0.15, 0.2) is 36.4 Å². The lowest BCUT2D eigenvalue weighted by Crippen LogP contribution is -2.13. The van der Waals surface area contributed by atoms with Crippen LogP contribution in [-0.4, -0.2) is 22.1 Å². The molecule has 0 saturated heterocycles. The Hall–Kier alpha value is -1.94. The molecular formula is C17H22BNO2. The van der Waals surface area contributed by atoms with Crippen molar-refractivity contribution in [3.05, 3.63) is 53.1 Å². The summed E-state index contributed by atoms with van der Waals surface area (Å²) < 4.78 is 10.7. The van der Waals surface area contributed by atoms with Crippen LogP contribution < -0.4 is 20.3 Å². The molecule has 0 fully saturated rings. The Morgan fingerprint density at radius 3 is 2.24 bits per heavy atom.